The summed E-state index contributed by atoms with van der Waals surface area (Å²) < 4.78 is 12.6. The van der Waals surface area contributed by atoms with Crippen LogP contribution in [0.25, 0.3) is 120 Å². The van der Waals surface area contributed by atoms with Crippen LogP contribution in [0.15, 0.2) is 191 Å². The van der Waals surface area contributed by atoms with Crippen LogP contribution in [0.5, 0.6) is 0 Å². The van der Waals surface area contributed by atoms with Crippen LogP contribution in [0.4, 0.5) is 0 Å². The van der Waals surface area contributed by atoms with E-state index in [-0.39, 0.29) is 0 Å². The predicted octanol–water partition coefficient (Wildman–Crippen LogP) is 15.1. The minimum atomic E-state index is 0.871. The maximum absolute atomic E-state index is 6.37. The van der Waals surface area contributed by atoms with Crippen molar-refractivity contribution in [2.45, 2.75) is 0 Å². The molecule has 2 nitrogen and oxygen atoms in total. The first-order valence-corrected chi connectivity index (χ1v) is 18.5. The van der Waals surface area contributed by atoms with Gasteiger partial charge in [-0.3, -0.25) is 0 Å². The maximum atomic E-state index is 6.37. The fourth-order valence-electron chi connectivity index (χ4n) is 8.74. The average Bonchev–Trinajstić information content (AvgIpc) is 3.79. The van der Waals surface area contributed by atoms with Gasteiger partial charge in [-0.15, -0.1) is 0 Å². The van der Waals surface area contributed by atoms with E-state index in [0.717, 1.165) is 49.4 Å². The highest BCUT2D eigenvalue weighted by Gasteiger charge is 2.15. The number of benzene rings is 10. The SMILES string of the molecule is c1cc(-c2ccc3oc4cc5c(cc4c3c2)oc2ccccc25)cc(-c2ccc3c4ccc(-c5ccc6ccccc6c5)cc4c4ccccc4c3c2)c1. The van der Waals surface area contributed by atoms with E-state index in [9.17, 15) is 0 Å². The Hall–Kier alpha value is -7.16. The highest BCUT2D eigenvalue weighted by molar-refractivity contribution is 6.26. The maximum Gasteiger partial charge on any atom is 0.136 e. The van der Waals surface area contributed by atoms with E-state index in [1.807, 2.05) is 18.2 Å². The third-order valence-corrected chi connectivity index (χ3v) is 11.4. The topological polar surface area (TPSA) is 26.3 Å². The number of fused-ring (bicyclic) bond motifs is 13. The van der Waals surface area contributed by atoms with E-state index in [1.54, 1.807) is 0 Å². The van der Waals surface area contributed by atoms with Gasteiger partial charge in [0.2, 0.25) is 0 Å². The molecule has 0 unspecified atom stereocenters. The van der Waals surface area contributed by atoms with Crippen molar-refractivity contribution in [1.82, 2.24) is 0 Å². The second kappa shape index (κ2) is 11.2. The Bertz CT molecular complexity index is 3490. The summed E-state index contributed by atoms with van der Waals surface area (Å²) in [5.41, 5.74) is 10.7. The second-order valence-corrected chi connectivity index (χ2v) is 14.5. The molecule has 2 heteroatoms. The molecule has 12 rings (SSSR count). The summed E-state index contributed by atoms with van der Waals surface area (Å²) in [6.07, 6.45) is 0. The summed E-state index contributed by atoms with van der Waals surface area (Å²) in [7, 11) is 0. The first-order valence-electron chi connectivity index (χ1n) is 18.5. The Kier molecular flexibility index (Phi) is 6.09. The molecular formula is C52H30O2. The van der Waals surface area contributed by atoms with Crippen molar-refractivity contribution in [3.8, 4) is 33.4 Å². The van der Waals surface area contributed by atoms with E-state index in [4.69, 9.17) is 8.83 Å². The van der Waals surface area contributed by atoms with Crippen molar-refractivity contribution in [2.24, 2.45) is 0 Å². The lowest BCUT2D eigenvalue weighted by Crippen LogP contribution is -1.87. The molecule has 0 aliphatic carbocycles. The van der Waals surface area contributed by atoms with Gasteiger partial charge in [0.1, 0.15) is 22.3 Å². The molecule has 0 aliphatic rings. The Labute approximate surface area is 310 Å². The van der Waals surface area contributed by atoms with Gasteiger partial charge in [-0.25, -0.2) is 0 Å². The van der Waals surface area contributed by atoms with E-state index in [1.165, 1.54) is 70.9 Å². The van der Waals surface area contributed by atoms with Gasteiger partial charge in [-0.1, -0.05) is 127 Å². The molecule has 0 N–H and O–H groups in total. The monoisotopic (exact) mass is 686 g/mol. The Morgan fingerprint density at radius 1 is 0.204 bits per heavy atom. The number of rotatable bonds is 3. The minimum absolute atomic E-state index is 0.871. The first kappa shape index (κ1) is 29.4. The molecule has 2 aromatic heterocycles. The van der Waals surface area contributed by atoms with Gasteiger partial charge < -0.3 is 8.83 Å². The zero-order valence-electron chi connectivity index (χ0n) is 29.1. The third kappa shape index (κ3) is 4.41. The Balaban J connectivity index is 0.965. The van der Waals surface area contributed by atoms with E-state index in [0.29, 0.717) is 0 Å². The minimum Gasteiger partial charge on any atom is -0.456 e. The van der Waals surface area contributed by atoms with Crippen LogP contribution in [-0.2, 0) is 0 Å². The van der Waals surface area contributed by atoms with Gasteiger partial charge in [0.15, 0.2) is 0 Å². The molecule has 0 amide bonds. The quantitative estimate of drug-likeness (QED) is 0.173. The highest BCUT2D eigenvalue weighted by atomic mass is 16.3. The fourth-order valence-corrected chi connectivity index (χ4v) is 8.74. The third-order valence-electron chi connectivity index (χ3n) is 11.4. The molecular weight excluding hydrogens is 657 g/mol. The van der Waals surface area contributed by atoms with Crippen LogP contribution in [0, 0.1) is 0 Å². The molecule has 12 aromatic rings. The number of para-hydroxylation sites is 1. The normalized spacial score (nSPS) is 12.1. The van der Waals surface area contributed by atoms with Gasteiger partial charge in [0, 0.05) is 21.5 Å². The van der Waals surface area contributed by atoms with Crippen LogP contribution in [-0.4, -0.2) is 0 Å². The van der Waals surface area contributed by atoms with Crippen LogP contribution in [0.3, 0.4) is 0 Å². The van der Waals surface area contributed by atoms with Crippen molar-refractivity contribution in [3.05, 3.63) is 182 Å². The fraction of sp³-hybridized carbons (Fsp3) is 0. The highest BCUT2D eigenvalue weighted by Crippen LogP contribution is 2.41. The van der Waals surface area contributed by atoms with Gasteiger partial charge in [0.05, 0.1) is 0 Å². The predicted molar refractivity (Wildman–Crippen MR) is 227 cm³/mol. The first-order chi connectivity index (χ1) is 26.7. The molecule has 0 saturated carbocycles. The summed E-state index contributed by atoms with van der Waals surface area (Å²) in [5, 5.41) is 14.5. The molecule has 0 fully saturated rings. The van der Waals surface area contributed by atoms with Crippen molar-refractivity contribution in [3.63, 3.8) is 0 Å². The van der Waals surface area contributed by atoms with Gasteiger partial charge in [-0.2, -0.15) is 0 Å². The molecule has 2 heterocycles. The molecule has 10 aromatic carbocycles. The molecule has 0 saturated heterocycles. The molecule has 250 valence electrons. The van der Waals surface area contributed by atoms with Crippen LogP contribution in [0.1, 0.15) is 0 Å². The van der Waals surface area contributed by atoms with Crippen molar-refractivity contribution < 1.29 is 8.83 Å². The lowest BCUT2D eigenvalue weighted by molar-refractivity contribution is 0.664. The largest absolute Gasteiger partial charge is 0.456 e. The standard InChI is InChI=1S/C52H30O2/c1-2-9-32-24-35(17-16-31(32)8-1)37-19-22-42-41-21-18-36(26-44(41)39-12-3-4-13-40(39)45(42)27-37)33-10-7-11-34(25-33)38-20-23-50-46(28-38)48-30-51-47(29-52(48)54-50)43-14-5-6-15-49(43)53-51/h1-30H. The Morgan fingerprint density at radius 2 is 0.648 bits per heavy atom. The lowest BCUT2D eigenvalue weighted by atomic mass is 9.90. The number of hydrogen-bond donors (Lipinski definition) is 0. The molecule has 54 heavy (non-hydrogen) atoms. The second-order valence-electron chi connectivity index (χ2n) is 14.5. The molecule has 0 atom stereocenters. The number of hydrogen-bond acceptors (Lipinski definition) is 2. The van der Waals surface area contributed by atoms with Crippen molar-refractivity contribution >= 4 is 87.0 Å². The molecule has 0 bridgehead atoms. The van der Waals surface area contributed by atoms with E-state index in [2.05, 4.69) is 164 Å². The summed E-state index contributed by atoms with van der Waals surface area (Å²) in [5.74, 6) is 0. The molecule has 0 aliphatic heterocycles. The summed E-state index contributed by atoms with van der Waals surface area (Å²) in [4.78, 5) is 0. The van der Waals surface area contributed by atoms with Gasteiger partial charge in [0.25, 0.3) is 0 Å². The summed E-state index contributed by atoms with van der Waals surface area (Å²) in [6, 6.07) is 65.9. The van der Waals surface area contributed by atoms with E-state index < -0.39 is 0 Å². The summed E-state index contributed by atoms with van der Waals surface area (Å²) in [6.45, 7) is 0. The van der Waals surface area contributed by atoms with Crippen molar-refractivity contribution in [2.75, 3.05) is 0 Å². The zero-order chi connectivity index (χ0) is 35.3. The lowest BCUT2D eigenvalue weighted by Gasteiger charge is -2.14. The van der Waals surface area contributed by atoms with Crippen molar-refractivity contribution in [1.29, 1.82) is 0 Å². The Morgan fingerprint density at radius 3 is 1.33 bits per heavy atom. The van der Waals surface area contributed by atoms with Gasteiger partial charge >= 0.3 is 0 Å². The van der Waals surface area contributed by atoms with Gasteiger partial charge in [-0.05, 0) is 131 Å². The summed E-state index contributed by atoms with van der Waals surface area (Å²) >= 11 is 0. The average molecular weight is 687 g/mol. The van der Waals surface area contributed by atoms with Crippen LogP contribution >= 0.6 is 0 Å². The van der Waals surface area contributed by atoms with Crippen LogP contribution < -0.4 is 0 Å². The number of furan rings is 2. The van der Waals surface area contributed by atoms with Crippen LogP contribution in [0.2, 0.25) is 0 Å². The molecule has 0 radical (unpaired) electrons. The zero-order valence-corrected chi connectivity index (χ0v) is 29.1. The molecule has 0 spiro atoms. The smallest absolute Gasteiger partial charge is 0.136 e. The van der Waals surface area contributed by atoms with E-state index >= 15 is 0 Å².